The van der Waals surface area contributed by atoms with Crippen LogP contribution < -0.4 is 10.1 Å². The topological polar surface area (TPSA) is 71.5 Å². The number of halogens is 1. The lowest BCUT2D eigenvalue weighted by atomic mass is 10.3. The van der Waals surface area contributed by atoms with Gasteiger partial charge in [0.1, 0.15) is 16.5 Å². The number of hydrogen-bond acceptors (Lipinski definition) is 5. The Kier molecular flexibility index (Phi) is 4.93. The molecule has 128 valence electrons. The third kappa shape index (κ3) is 3.48. The zero-order valence-electron chi connectivity index (χ0n) is 13.2. The highest BCUT2D eigenvalue weighted by atomic mass is 35.5. The first-order valence-corrected chi connectivity index (χ1v) is 9.39. The highest BCUT2D eigenvalue weighted by Gasteiger charge is 2.27. The molecule has 1 N–H and O–H groups in total. The summed E-state index contributed by atoms with van der Waals surface area (Å²) in [6, 6.07) is 8.38. The molecule has 0 radical (unpaired) electrons. The van der Waals surface area contributed by atoms with Crippen LogP contribution in [-0.2, 0) is 10.0 Å². The predicted molar refractivity (Wildman–Crippen MR) is 93.5 cm³/mol. The number of rotatable bonds is 5. The third-order valence-electron chi connectivity index (χ3n) is 3.86. The predicted octanol–water partition coefficient (Wildman–Crippen LogP) is 3.27. The Balaban J connectivity index is 1.81. The van der Waals surface area contributed by atoms with Gasteiger partial charge in [-0.2, -0.15) is 4.31 Å². The van der Waals surface area contributed by atoms with Crippen LogP contribution in [0, 0.1) is 0 Å². The van der Waals surface area contributed by atoms with Gasteiger partial charge in [0.2, 0.25) is 10.0 Å². The Bertz CT molecular complexity index is 819. The minimum absolute atomic E-state index is 0.202. The van der Waals surface area contributed by atoms with Gasteiger partial charge in [-0.1, -0.05) is 11.6 Å². The molecule has 0 amide bonds. The van der Waals surface area contributed by atoms with Crippen molar-refractivity contribution in [3.8, 4) is 5.75 Å². The van der Waals surface area contributed by atoms with Crippen molar-refractivity contribution in [3.05, 3.63) is 41.6 Å². The van der Waals surface area contributed by atoms with Crippen LogP contribution in [0.1, 0.15) is 12.8 Å². The molecule has 1 saturated heterocycles. The molecule has 1 aromatic heterocycles. The van der Waals surface area contributed by atoms with E-state index in [9.17, 15) is 8.42 Å². The average molecular weight is 368 g/mol. The zero-order valence-corrected chi connectivity index (χ0v) is 14.8. The molecule has 1 aliphatic heterocycles. The standard InChI is InChI=1S/C16H18ClN3O3S/c1-23-15-6-4-12(17)10-14(15)19-16-7-5-13(11-18-16)24(21,22)20-8-2-3-9-20/h4-7,10-11H,2-3,8-9H2,1H3,(H,18,19). The van der Waals surface area contributed by atoms with E-state index in [1.807, 2.05) is 0 Å². The molecule has 1 aromatic carbocycles. The largest absolute Gasteiger partial charge is 0.495 e. The lowest BCUT2D eigenvalue weighted by Crippen LogP contribution is -2.27. The molecule has 24 heavy (non-hydrogen) atoms. The Labute approximate surface area is 146 Å². The smallest absolute Gasteiger partial charge is 0.244 e. The lowest BCUT2D eigenvalue weighted by Gasteiger charge is -2.15. The molecular formula is C16H18ClN3O3S. The van der Waals surface area contributed by atoms with E-state index in [-0.39, 0.29) is 4.90 Å². The first-order chi connectivity index (χ1) is 11.5. The molecule has 1 fully saturated rings. The molecule has 2 heterocycles. The van der Waals surface area contributed by atoms with E-state index < -0.39 is 10.0 Å². The Morgan fingerprint density at radius 3 is 2.58 bits per heavy atom. The molecular weight excluding hydrogens is 350 g/mol. The number of benzene rings is 1. The molecule has 0 bridgehead atoms. The Morgan fingerprint density at radius 1 is 1.21 bits per heavy atom. The van der Waals surface area contributed by atoms with Crippen LogP contribution >= 0.6 is 11.6 Å². The summed E-state index contributed by atoms with van der Waals surface area (Å²) < 4.78 is 31.7. The van der Waals surface area contributed by atoms with Crippen LogP contribution in [0.4, 0.5) is 11.5 Å². The minimum atomic E-state index is -3.45. The molecule has 0 unspecified atom stereocenters. The molecule has 8 heteroatoms. The molecule has 0 saturated carbocycles. The van der Waals surface area contributed by atoms with E-state index in [2.05, 4.69) is 10.3 Å². The van der Waals surface area contributed by atoms with Crippen LogP contribution in [0.2, 0.25) is 5.02 Å². The molecule has 0 aliphatic carbocycles. The van der Waals surface area contributed by atoms with Gasteiger partial charge in [0.25, 0.3) is 0 Å². The summed E-state index contributed by atoms with van der Waals surface area (Å²) in [4.78, 5) is 4.40. The maximum atomic E-state index is 12.5. The summed E-state index contributed by atoms with van der Waals surface area (Å²) in [6.45, 7) is 1.14. The number of aromatic nitrogens is 1. The van der Waals surface area contributed by atoms with Gasteiger partial charge < -0.3 is 10.1 Å². The number of sulfonamides is 1. The van der Waals surface area contributed by atoms with Crippen molar-refractivity contribution in [1.82, 2.24) is 9.29 Å². The van der Waals surface area contributed by atoms with Gasteiger partial charge in [0.15, 0.2) is 0 Å². The summed E-state index contributed by atoms with van der Waals surface area (Å²) >= 11 is 6.00. The van der Waals surface area contributed by atoms with Crippen LogP contribution in [0.15, 0.2) is 41.4 Å². The number of nitrogens with one attached hydrogen (secondary N) is 1. The summed E-state index contributed by atoms with van der Waals surface area (Å²) in [5.41, 5.74) is 0.660. The van der Waals surface area contributed by atoms with Crippen molar-refractivity contribution < 1.29 is 13.2 Å². The quantitative estimate of drug-likeness (QED) is 0.878. The maximum absolute atomic E-state index is 12.5. The van der Waals surface area contributed by atoms with Gasteiger partial charge in [-0.05, 0) is 43.2 Å². The fourth-order valence-corrected chi connectivity index (χ4v) is 4.24. The van der Waals surface area contributed by atoms with Gasteiger partial charge in [0.05, 0.1) is 12.8 Å². The van der Waals surface area contributed by atoms with E-state index in [1.165, 1.54) is 10.5 Å². The van der Waals surface area contributed by atoms with E-state index in [0.717, 1.165) is 12.8 Å². The number of methoxy groups -OCH3 is 1. The SMILES string of the molecule is COc1ccc(Cl)cc1Nc1ccc(S(=O)(=O)N2CCCC2)cn1. The van der Waals surface area contributed by atoms with Crippen molar-refractivity contribution >= 4 is 33.1 Å². The van der Waals surface area contributed by atoms with Crippen LogP contribution in [-0.4, -0.2) is 37.9 Å². The minimum Gasteiger partial charge on any atom is -0.495 e. The van der Waals surface area contributed by atoms with Crippen molar-refractivity contribution in [3.63, 3.8) is 0 Å². The average Bonchev–Trinajstić information content (AvgIpc) is 3.11. The van der Waals surface area contributed by atoms with Crippen molar-refractivity contribution in [2.24, 2.45) is 0 Å². The third-order valence-corrected chi connectivity index (χ3v) is 5.98. The molecule has 0 atom stereocenters. The van der Waals surface area contributed by atoms with Crippen molar-refractivity contribution in [2.45, 2.75) is 17.7 Å². The zero-order chi connectivity index (χ0) is 17.2. The summed E-state index contributed by atoms with van der Waals surface area (Å²) in [5, 5.41) is 3.65. The van der Waals surface area contributed by atoms with Crippen molar-refractivity contribution in [2.75, 3.05) is 25.5 Å². The van der Waals surface area contributed by atoms with Gasteiger partial charge in [-0.25, -0.2) is 13.4 Å². The van der Waals surface area contributed by atoms with Crippen molar-refractivity contribution in [1.29, 1.82) is 0 Å². The normalized spacial score (nSPS) is 15.4. The Hall–Kier alpha value is -1.83. The van der Waals surface area contributed by atoms with Crippen LogP contribution in [0.3, 0.4) is 0 Å². The van der Waals surface area contributed by atoms with E-state index in [1.54, 1.807) is 37.4 Å². The fraction of sp³-hybridized carbons (Fsp3) is 0.312. The van der Waals surface area contributed by atoms with E-state index in [0.29, 0.717) is 35.4 Å². The second kappa shape index (κ2) is 6.96. The monoisotopic (exact) mass is 367 g/mol. The lowest BCUT2D eigenvalue weighted by molar-refractivity contribution is 0.417. The molecule has 0 spiro atoms. The number of pyridine rings is 1. The number of nitrogens with zero attached hydrogens (tertiary/aromatic N) is 2. The van der Waals surface area contributed by atoms with E-state index >= 15 is 0 Å². The van der Waals surface area contributed by atoms with Crippen LogP contribution in [0.25, 0.3) is 0 Å². The number of hydrogen-bond donors (Lipinski definition) is 1. The highest BCUT2D eigenvalue weighted by molar-refractivity contribution is 7.89. The Morgan fingerprint density at radius 2 is 1.96 bits per heavy atom. The molecule has 2 aromatic rings. The molecule has 3 rings (SSSR count). The molecule has 1 aliphatic rings. The second-order valence-electron chi connectivity index (χ2n) is 5.46. The maximum Gasteiger partial charge on any atom is 0.244 e. The highest BCUT2D eigenvalue weighted by Crippen LogP contribution is 2.30. The molecule has 6 nitrogen and oxygen atoms in total. The summed E-state index contributed by atoms with van der Waals surface area (Å²) in [7, 11) is -1.89. The number of ether oxygens (including phenoxy) is 1. The van der Waals surface area contributed by atoms with Gasteiger partial charge >= 0.3 is 0 Å². The van der Waals surface area contributed by atoms with Crippen LogP contribution in [0.5, 0.6) is 5.75 Å². The van der Waals surface area contributed by atoms with Gasteiger partial charge in [-0.3, -0.25) is 0 Å². The van der Waals surface area contributed by atoms with Gasteiger partial charge in [-0.15, -0.1) is 0 Å². The summed E-state index contributed by atoms with van der Waals surface area (Å²) in [5.74, 6) is 1.13. The first kappa shape index (κ1) is 17.0. The fourth-order valence-electron chi connectivity index (χ4n) is 2.60. The number of anilines is 2. The van der Waals surface area contributed by atoms with E-state index in [4.69, 9.17) is 16.3 Å². The first-order valence-electron chi connectivity index (χ1n) is 7.57. The summed E-state index contributed by atoms with van der Waals surface area (Å²) in [6.07, 6.45) is 3.18. The second-order valence-corrected chi connectivity index (χ2v) is 7.83. The van der Waals surface area contributed by atoms with Gasteiger partial charge in [0, 0.05) is 24.3 Å².